The van der Waals surface area contributed by atoms with Crippen molar-refractivity contribution in [3.05, 3.63) is 41.6 Å². The number of nitrogens with two attached hydrogens (primary N) is 1. The van der Waals surface area contributed by atoms with Gasteiger partial charge in [-0.3, -0.25) is 14.4 Å². The van der Waals surface area contributed by atoms with E-state index in [2.05, 4.69) is 10.6 Å². The first-order chi connectivity index (χ1) is 11.5. The van der Waals surface area contributed by atoms with Crippen LogP contribution in [-0.4, -0.2) is 17.7 Å². The summed E-state index contributed by atoms with van der Waals surface area (Å²) >= 11 is 0. The third kappa shape index (κ3) is 2.58. The van der Waals surface area contributed by atoms with Gasteiger partial charge < -0.3 is 16.4 Å². The molecule has 1 saturated carbocycles. The first-order valence-corrected chi connectivity index (χ1v) is 8.13. The van der Waals surface area contributed by atoms with Gasteiger partial charge in [0.1, 0.15) is 5.92 Å². The van der Waals surface area contributed by atoms with Gasteiger partial charge in [-0.2, -0.15) is 0 Å². The Kier molecular flexibility index (Phi) is 4.13. The van der Waals surface area contributed by atoms with Crippen molar-refractivity contribution in [1.29, 1.82) is 0 Å². The first kappa shape index (κ1) is 16.2. The van der Waals surface area contributed by atoms with Gasteiger partial charge in [0.05, 0.1) is 0 Å². The highest BCUT2D eigenvalue weighted by molar-refractivity contribution is 6.11. The molecule has 0 saturated heterocycles. The van der Waals surface area contributed by atoms with Crippen LogP contribution in [0.3, 0.4) is 0 Å². The smallest absolute Gasteiger partial charge is 0.253 e. The monoisotopic (exact) mass is 327 g/mol. The molecule has 0 radical (unpaired) electrons. The lowest BCUT2D eigenvalue weighted by molar-refractivity contribution is -0.139. The number of allylic oxidation sites excluding steroid dienone is 1. The molecular weight excluding hydrogens is 306 g/mol. The summed E-state index contributed by atoms with van der Waals surface area (Å²) < 4.78 is 0. The Morgan fingerprint density at radius 3 is 2.42 bits per heavy atom. The first-order valence-electron chi connectivity index (χ1n) is 8.13. The van der Waals surface area contributed by atoms with Crippen LogP contribution in [0.15, 0.2) is 41.6 Å². The second-order valence-corrected chi connectivity index (χ2v) is 6.51. The molecule has 3 rings (SSSR count). The minimum absolute atomic E-state index is 0.285. The number of anilines is 1. The van der Waals surface area contributed by atoms with Crippen LogP contribution in [0, 0.1) is 11.3 Å². The minimum atomic E-state index is -1.000. The summed E-state index contributed by atoms with van der Waals surface area (Å²) in [4.78, 5) is 37.3. The molecule has 6 heteroatoms. The fraction of sp³-hybridized carbons (Fsp3) is 0.389. The van der Waals surface area contributed by atoms with Gasteiger partial charge in [-0.25, -0.2) is 0 Å². The van der Waals surface area contributed by atoms with Crippen LogP contribution in [0.25, 0.3) is 0 Å². The molecule has 6 nitrogen and oxygen atoms in total. The zero-order chi connectivity index (χ0) is 17.3. The number of rotatable bonds is 3. The van der Waals surface area contributed by atoms with E-state index in [9.17, 15) is 14.4 Å². The van der Waals surface area contributed by atoms with Crippen LogP contribution >= 0.6 is 0 Å². The van der Waals surface area contributed by atoms with Crippen molar-refractivity contribution in [2.75, 3.05) is 5.32 Å². The number of hydrogen-bond donors (Lipinski definition) is 3. The Morgan fingerprint density at radius 2 is 1.83 bits per heavy atom. The van der Waals surface area contributed by atoms with Crippen molar-refractivity contribution in [2.45, 2.75) is 32.6 Å². The number of nitrogens with one attached hydrogen (secondary N) is 2. The lowest BCUT2D eigenvalue weighted by Crippen LogP contribution is -2.54. The lowest BCUT2D eigenvalue weighted by atomic mass is 9.65. The summed E-state index contributed by atoms with van der Waals surface area (Å²) in [5.41, 5.74) is 6.38. The predicted molar refractivity (Wildman–Crippen MR) is 89.5 cm³/mol. The molecule has 1 spiro atoms. The normalized spacial score (nSPS) is 22.4. The summed E-state index contributed by atoms with van der Waals surface area (Å²) in [7, 11) is 0. The van der Waals surface area contributed by atoms with E-state index in [0.29, 0.717) is 29.8 Å². The minimum Gasteiger partial charge on any atom is -0.369 e. The van der Waals surface area contributed by atoms with Gasteiger partial charge in [-0.05, 0) is 31.9 Å². The largest absolute Gasteiger partial charge is 0.369 e. The van der Waals surface area contributed by atoms with E-state index in [1.807, 2.05) is 18.2 Å². The maximum Gasteiger partial charge on any atom is 0.253 e. The van der Waals surface area contributed by atoms with E-state index < -0.39 is 23.1 Å². The molecule has 1 aliphatic heterocycles. The Bertz CT molecular complexity index is 718. The predicted octanol–water partition coefficient (Wildman–Crippen LogP) is 1.69. The molecule has 1 heterocycles. The summed E-state index contributed by atoms with van der Waals surface area (Å²) in [6.07, 6.45) is 2.96. The second kappa shape index (κ2) is 6.11. The van der Waals surface area contributed by atoms with Gasteiger partial charge in [-0.15, -0.1) is 0 Å². The van der Waals surface area contributed by atoms with Gasteiger partial charge in [-0.1, -0.05) is 31.0 Å². The molecule has 126 valence electrons. The molecule has 0 bridgehead atoms. The fourth-order valence-electron chi connectivity index (χ4n) is 4.15. The summed E-state index contributed by atoms with van der Waals surface area (Å²) in [6, 6.07) is 9.11. The second-order valence-electron chi connectivity index (χ2n) is 6.51. The van der Waals surface area contributed by atoms with Crippen LogP contribution < -0.4 is 16.4 Å². The Balaban J connectivity index is 2.02. The van der Waals surface area contributed by atoms with Crippen LogP contribution in [0.2, 0.25) is 0 Å². The van der Waals surface area contributed by atoms with E-state index in [1.165, 1.54) is 0 Å². The van der Waals surface area contributed by atoms with Crippen molar-refractivity contribution < 1.29 is 14.4 Å². The SMILES string of the molecule is CC1=C(C(=O)Nc2ccccc2)C2(CCCC2)[C@@H](C(N)=O)C(=O)N1. The molecule has 0 aromatic heterocycles. The molecule has 4 N–H and O–H groups in total. The van der Waals surface area contributed by atoms with Gasteiger partial charge in [0.15, 0.2) is 0 Å². The molecule has 1 aromatic rings. The standard InChI is InChI=1S/C18H21N3O3/c1-11-13(16(23)21-12-7-3-2-4-8-12)18(9-5-6-10-18)14(15(19)22)17(24)20-11/h2-4,7-8,14H,5-6,9-10H2,1H3,(H2,19,22)(H,20,24)(H,21,23)/t14-/m0/s1. The van der Waals surface area contributed by atoms with Gasteiger partial charge >= 0.3 is 0 Å². The van der Waals surface area contributed by atoms with E-state index in [0.717, 1.165) is 12.8 Å². The molecular formula is C18H21N3O3. The highest BCUT2D eigenvalue weighted by Crippen LogP contribution is 2.52. The molecule has 1 aliphatic carbocycles. The van der Waals surface area contributed by atoms with Crippen molar-refractivity contribution in [1.82, 2.24) is 5.32 Å². The van der Waals surface area contributed by atoms with Gasteiger partial charge in [0, 0.05) is 22.4 Å². The highest BCUT2D eigenvalue weighted by atomic mass is 16.2. The zero-order valence-corrected chi connectivity index (χ0v) is 13.6. The summed E-state index contributed by atoms with van der Waals surface area (Å²) in [5, 5.41) is 5.52. The number of para-hydroxylation sites is 1. The van der Waals surface area contributed by atoms with Gasteiger partial charge in [0.25, 0.3) is 5.91 Å². The number of benzene rings is 1. The Hall–Kier alpha value is -2.63. The Morgan fingerprint density at radius 1 is 1.21 bits per heavy atom. The topological polar surface area (TPSA) is 101 Å². The van der Waals surface area contributed by atoms with E-state index in [-0.39, 0.29) is 5.91 Å². The number of carbonyl (C=O) groups excluding carboxylic acids is 3. The lowest BCUT2D eigenvalue weighted by Gasteiger charge is -2.41. The number of amides is 3. The highest BCUT2D eigenvalue weighted by Gasteiger charge is 2.55. The molecule has 24 heavy (non-hydrogen) atoms. The maximum absolute atomic E-state index is 12.9. The number of primary amides is 1. The average Bonchev–Trinajstić information content (AvgIpc) is 2.96. The van der Waals surface area contributed by atoms with E-state index in [1.54, 1.807) is 19.1 Å². The van der Waals surface area contributed by atoms with Crippen LogP contribution in [0.4, 0.5) is 5.69 Å². The number of carbonyl (C=O) groups is 3. The molecule has 1 atom stereocenters. The molecule has 2 aliphatic rings. The molecule has 3 amide bonds. The third-order valence-electron chi connectivity index (χ3n) is 5.04. The average molecular weight is 327 g/mol. The van der Waals surface area contributed by atoms with E-state index in [4.69, 9.17) is 5.73 Å². The van der Waals surface area contributed by atoms with Crippen molar-refractivity contribution in [3.63, 3.8) is 0 Å². The quantitative estimate of drug-likeness (QED) is 0.736. The molecule has 1 aromatic carbocycles. The third-order valence-corrected chi connectivity index (χ3v) is 5.04. The van der Waals surface area contributed by atoms with Gasteiger partial charge in [0.2, 0.25) is 11.8 Å². The Labute approximate surface area is 140 Å². The fourth-order valence-corrected chi connectivity index (χ4v) is 4.15. The number of hydrogen-bond acceptors (Lipinski definition) is 3. The molecule has 0 unspecified atom stereocenters. The summed E-state index contributed by atoms with van der Waals surface area (Å²) in [6.45, 7) is 1.70. The molecule has 1 fully saturated rings. The van der Waals surface area contributed by atoms with Crippen molar-refractivity contribution >= 4 is 23.4 Å². The zero-order valence-electron chi connectivity index (χ0n) is 13.6. The van der Waals surface area contributed by atoms with Crippen LogP contribution in [0.5, 0.6) is 0 Å². The van der Waals surface area contributed by atoms with E-state index >= 15 is 0 Å². The van der Waals surface area contributed by atoms with Crippen LogP contribution in [-0.2, 0) is 14.4 Å². The maximum atomic E-state index is 12.9. The summed E-state index contributed by atoms with van der Waals surface area (Å²) in [5.74, 6) is -2.36. The van der Waals surface area contributed by atoms with Crippen molar-refractivity contribution in [2.24, 2.45) is 17.1 Å². The van der Waals surface area contributed by atoms with Crippen LogP contribution in [0.1, 0.15) is 32.6 Å². The van der Waals surface area contributed by atoms with Crippen molar-refractivity contribution in [3.8, 4) is 0 Å².